The van der Waals surface area contributed by atoms with Crippen LogP contribution in [0, 0.1) is 11.2 Å². The number of ether oxygens (including phenoxy) is 4. The van der Waals surface area contributed by atoms with E-state index in [0.29, 0.717) is 17.5 Å². The fourth-order valence-corrected chi connectivity index (χ4v) is 5.33. The lowest BCUT2D eigenvalue weighted by Crippen LogP contribution is -2.32. The molecule has 0 bridgehead atoms. The van der Waals surface area contributed by atoms with Gasteiger partial charge in [0.15, 0.2) is 29.7 Å². The second-order valence-electron chi connectivity index (χ2n) is 11.9. The molecule has 0 atom stereocenters. The first-order valence-corrected chi connectivity index (χ1v) is 14.9. The minimum absolute atomic E-state index is 0.0110. The van der Waals surface area contributed by atoms with E-state index in [1.807, 2.05) is 0 Å². The van der Waals surface area contributed by atoms with Crippen molar-refractivity contribution < 1.29 is 55.7 Å². The molecule has 2 aliphatic rings. The molecule has 2 heterocycles. The predicted molar refractivity (Wildman–Crippen MR) is 160 cm³/mol. The van der Waals surface area contributed by atoms with Gasteiger partial charge in [0.1, 0.15) is 11.6 Å². The van der Waals surface area contributed by atoms with Crippen LogP contribution in [-0.4, -0.2) is 73.5 Å². The van der Waals surface area contributed by atoms with Gasteiger partial charge in [-0.25, -0.2) is 14.0 Å². The van der Waals surface area contributed by atoms with E-state index in [0.717, 1.165) is 0 Å². The maximum Gasteiger partial charge on any atom is 0.491 e. The Balaban J connectivity index is 1.68. The normalized spacial score (nSPS) is 14.7. The number of fused-ring (bicyclic) bond motifs is 1. The van der Waals surface area contributed by atoms with Crippen molar-refractivity contribution in [1.82, 2.24) is 4.90 Å². The number of hydrogen-bond donors (Lipinski definition) is 1. The molecule has 0 saturated carbocycles. The lowest BCUT2D eigenvalue weighted by Gasteiger charge is -2.29. The highest BCUT2D eigenvalue weighted by molar-refractivity contribution is 6.07. The Labute approximate surface area is 268 Å². The van der Waals surface area contributed by atoms with Gasteiger partial charge in [0, 0.05) is 30.6 Å². The molecule has 2 aliphatic heterocycles. The summed E-state index contributed by atoms with van der Waals surface area (Å²) in [4.78, 5) is 52.6. The Kier molecular flexibility index (Phi) is 10.2. The molecule has 47 heavy (non-hydrogen) atoms. The van der Waals surface area contributed by atoms with Gasteiger partial charge in [-0.3, -0.25) is 15.0 Å². The first-order valence-electron chi connectivity index (χ1n) is 14.9. The number of Topliss-reactive ketones (excluding diaryl/α,β-unsaturated/α-hetero) is 1. The molecule has 1 saturated heterocycles. The number of amides is 1. The van der Waals surface area contributed by atoms with Crippen LogP contribution in [0.4, 0.5) is 23.2 Å². The molecule has 0 radical (unpaired) electrons. The number of nitrogens with zero attached hydrogens (tertiary/aromatic N) is 2. The molecule has 2 aromatic carbocycles. The largest absolute Gasteiger partial charge is 0.491 e. The number of alkyl halides is 3. The van der Waals surface area contributed by atoms with Gasteiger partial charge in [-0.2, -0.15) is 13.2 Å². The average molecular weight is 666 g/mol. The van der Waals surface area contributed by atoms with Gasteiger partial charge in [-0.1, -0.05) is 20.8 Å². The fraction of sp³-hybridized carbons (Fsp3) is 0.469. The first-order chi connectivity index (χ1) is 22.0. The van der Waals surface area contributed by atoms with Gasteiger partial charge in [-0.05, 0) is 49.4 Å². The van der Waals surface area contributed by atoms with Gasteiger partial charge in [-0.15, -0.1) is 0 Å². The number of ketones is 1. The molecule has 254 valence electrons. The van der Waals surface area contributed by atoms with Crippen molar-refractivity contribution in [2.24, 2.45) is 0 Å². The molecule has 4 rings (SSSR count). The maximum atomic E-state index is 15.6. The van der Waals surface area contributed by atoms with Gasteiger partial charge in [0.2, 0.25) is 5.91 Å². The van der Waals surface area contributed by atoms with E-state index in [2.05, 4.69) is 4.74 Å². The summed E-state index contributed by atoms with van der Waals surface area (Å²) in [7, 11) is 0. The van der Waals surface area contributed by atoms with Crippen LogP contribution in [0.3, 0.4) is 0 Å². The van der Waals surface area contributed by atoms with Crippen LogP contribution < -0.4 is 19.1 Å². The predicted octanol–water partition coefficient (Wildman–Crippen LogP) is 5.08. The van der Waals surface area contributed by atoms with Gasteiger partial charge < -0.3 is 28.7 Å². The number of esters is 2. The molecule has 0 unspecified atom stereocenters. The highest BCUT2D eigenvalue weighted by atomic mass is 19.4. The number of amidine groups is 1. The van der Waals surface area contributed by atoms with Crippen LogP contribution in [0.1, 0.15) is 74.5 Å². The summed E-state index contributed by atoms with van der Waals surface area (Å²) < 4.78 is 73.8. The second kappa shape index (κ2) is 13.6. The van der Waals surface area contributed by atoms with E-state index in [-0.39, 0.29) is 85.1 Å². The first kappa shape index (κ1) is 35.2. The van der Waals surface area contributed by atoms with Crippen molar-refractivity contribution in [2.75, 3.05) is 37.8 Å². The van der Waals surface area contributed by atoms with Crippen LogP contribution in [0.15, 0.2) is 18.2 Å². The third-order valence-corrected chi connectivity index (χ3v) is 7.44. The van der Waals surface area contributed by atoms with Gasteiger partial charge in [0.25, 0.3) is 0 Å². The number of carbonyl (C=O) groups excluding carboxylic acids is 4. The van der Waals surface area contributed by atoms with Crippen molar-refractivity contribution in [2.45, 2.75) is 65.6 Å². The van der Waals surface area contributed by atoms with Crippen molar-refractivity contribution in [1.29, 1.82) is 5.41 Å². The van der Waals surface area contributed by atoms with Crippen molar-refractivity contribution >= 4 is 35.2 Å². The summed E-state index contributed by atoms with van der Waals surface area (Å²) in [5.41, 5.74) is 0.183. The lowest BCUT2D eigenvalue weighted by molar-refractivity contribution is -0.202. The molecule has 0 spiro atoms. The average Bonchev–Trinajstić information content (AvgIpc) is 3.54. The molecule has 15 heteroatoms. The topological polar surface area (TPSA) is 136 Å². The van der Waals surface area contributed by atoms with Gasteiger partial charge >= 0.3 is 18.1 Å². The zero-order valence-electron chi connectivity index (χ0n) is 26.6. The van der Waals surface area contributed by atoms with Crippen molar-refractivity contribution in [3.63, 3.8) is 0 Å². The van der Waals surface area contributed by atoms with Crippen LogP contribution in [-0.2, 0) is 31.1 Å². The Hall–Kier alpha value is -4.69. The molecule has 2 aromatic rings. The van der Waals surface area contributed by atoms with E-state index >= 15 is 4.39 Å². The molecule has 1 fully saturated rings. The molecule has 0 aromatic heterocycles. The molecular weight excluding hydrogens is 630 g/mol. The molecule has 11 nitrogen and oxygen atoms in total. The van der Waals surface area contributed by atoms with Crippen molar-refractivity contribution in [3.8, 4) is 17.2 Å². The highest BCUT2D eigenvalue weighted by Crippen LogP contribution is 2.43. The van der Waals surface area contributed by atoms with Gasteiger partial charge in [0.05, 0.1) is 31.0 Å². The minimum atomic E-state index is -5.39. The third kappa shape index (κ3) is 7.49. The summed E-state index contributed by atoms with van der Waals surface area (Å²) in [6.45, 7) is 7.95. The highest BCUT2D eigenvalue weighted by Gasteiger charge is 2.43. The smallest absolute Gasteiger partial charge is 0.490 e. The van der Waals surface area contributed by atoms with Crippen LogP contribution in [0.5, 0.6) is 17.2 Å². The number of carbonyl (C=O) groups is 4. The number of rotatable bonds is 11. The van der Waals surface area contributed by atoms with Crippen LogP contribution in [0.25, 0.3) is 0 Å². The fourth-order valence-electron chi connectivity index (χ4n) is 5.33. The summed E-state index contributed by atoms with van der Waals surface area (Å²) in [5.74, 6) is -6.08. The maximum absolute atomic E-state index is 15.6. The Morgan fingerprint density at radius 2 is 1.66 bits per heavy atom. The van der Waals surface area contributed by atoms with Crippen LogP contribution >= 0.6 is 0 Å². The standard InChI is InChI=1S/C32H35F4N3O8/c1-6-44-22-13-18-14-38(29(37)25(18)26(33)28(22)45-7-2)15-21(40)17-11-19(31(3,4)5)27(20(12-17)39-10-8-9-23(39)41)46-16-24(42)47-30(43)32(34,35)36/h11-13,37H,6-10,14-16H2,1-5H3. The zero-order chi connectivity index (χ0) is 34.8. The SMILES string of the molecule is CCOc1cc2c(c(F)c1OCC)C(=N)N(CC(=O)c1cc(N3CCCC3=O)c(OCC(=O)OC(=O)C(F)(F)F)c(C(C)(C)C)c1)C2. The van der Waals surface area contributed by atoms with E-state index in [4.69, 9.17) is 19.6 Å². The Morgan fingerprint density at radius 1 is 0.979 bits per heavy atom. The van der Waals surface area contributed by atoms with E-state index in [9.17, 15) is 32.3 Å². The van der Waals surface area contributed by atoms with E-state index < -0.39 is 41.7 Å². The Morgan fingerprint density at radius 3 is 2.23 bits per heavy atom. The number of nitrogens with one attached hydrogen (secondary N) is 1. The van der Waals surface area contributed by atoms with Crippen LogP contribution in [0.2, 0.25) is 0 Å². The third-order valence-electron chi connectivity index (χ3n) is 7.44. The van der Waals surface area contributed by atoms with E-state index in [1.54, 1.807) is 40.7 Å². The quantitative estimate of drug-likeness (QED) is 0.151. The minimum Gasteiger partial charge on any atom is -0.490 e. The van der Waals surface area contributed by atoms with E-state index in [1.165, 1.54) is 21.9 Å². The summed E-state index contributed by atoms with van der Waals surface area (Å²) in [5, 5.41) is 8.67. The molecule has 1 amide bonds. The summed E-state index contributed by atoms with van der Waals surface area (Å²) in [6, 6.07) is 4.43. The molecule has 0 aliphatic carbocycles. The summed E-state index contributed by atoms with van der Waals surface area (Å²) >= 11 is 0. The lowest BCUT2D eigenvalue weighted by atomic mass is 9.84. The second-order valence-corrected chi connectivity index (χ2v) is 11.9. The molecular formula is C32H35F4N3O8. The zero-order valence-corrected chi connectivity index (χ0v) is 26.6. The molecule has 1 N–H and O–H groups in total. The number of hydrogen-bond acceptors (Lipinski definition) is 9. The Bertz CT molecular complexity index is 1620. The summed E-state index contributed by atoms with van der Waals surface area (Å²) in [6.07, 6.45) is -4.73. The number of halogens is 4. The monoisotopic (exact) mass is 665 g/mol. The number of benzene rings is 2. The number of anilines is 1. The van der Waals surface area contributed by atoms with Crippen molar-refractivity contribution in [3.05, 3.63) is 46.3 Å².